The quantitative estimate of drug-likeness (QED) is 0.486. The van der Waals surface area contributed by atoms with Gasteiger partial charge in [-0.05, 0) is 25.5 Å². The minimum Gasteiger partial charge on any atom is -0.467 e. The molecule has 0 radical (unpaired) electrons. The topological polar surface area (TPSA) is 81.5 Å². The summed E-state index contributed by atoms with van der Waals surface area (Å²) in [6.45, 7) is 3.72. The zero-order chi connectivity index (χ0) is 14.5. The van der Waals surface area contributed by atoms with Gasteiger partial charge in [0, 0.05) is 17.8 Å². The summed E-state index contributed by atoms with van der Waals surface area (Å²) in [5.74, 6) is -0.354. The van der Waals surface area contributed by atoms with Crippen molar-refractivity contribution < 1.29 is 14.5 Å². The van der Waals surface area contributed by atoms with E-state index in [1.807, 2.05) is 6.92 Å². The third kappa shape index (κ3) is 3.67. The third-order valence-corrected chi connectivity index (χ3v) is 2.88. The fraction of sp³-hybridized carbons (Fsp3) is 0.462. The van der Waals surface area contributed by atoms with Crippen molar-refractivity contribution in [1.29, 1.82) is 0 Å². The van der Waals surface area contributed by atoms with E-state index in [0.717, 1.165) is 6.42 Å². The van der Waals surface area contributed by atoms with Crippen molar-refractivity contribution in [2.45, 2.75) is 32.2 Å². The summed E-state index contributed by atoms with van der Waals surface area (Å²) < 4.78 is 4.79. The molecule has 19 heavy (non-hydrogen) atoms. The zero-order valence-electron chi connectivity index (χ0n) is 11.3. The van der Waals surface area contributed by atoms with E-state index < -0.39 is 10.5 Å². The van der Waals surface area contributed by atoms with E-state index in [4.69, 9.17) is 4.74 Å². The highest BCUT2D eigenvalue weighted by Crippen LogP contribution is 2.23. The number of anilines is 1. The number of hydrogen-bond acceptors (Lipinski definition) is 5. The van der Waals surface area contributed by atoms with Gasteiger partial charge in [0.2, 0.25) is 0 Å². The van der Waals surface area contributed by atoms with E-state index in [2.05, 4.69) is 5.32 Å². The van der Waals surface area contributed by atoms with Crippen LogP contribution in [0.1, 0.15) is 26.7 Å². The van der Waals surface area contributed by atoms with Crippen LogP contribution in [0.3, 0.4) is 0 Å². The lowest BCUT2D eigenvalue weighted by Crippen LogP contribution is -2.44. The van der Waals surface area contributed by atoms with Gasteiger partial charge in [-0.1, -0.05) is 13.3 Å². The maximum Gasteiger partial charge on any atom is 0.331 e. The van der Waals surface area contributed by atoms with Crippen LogP contribution >= 0.6 is 0 Å². The van der Waals surface area contributed by atoms with Crippen molar-refractivity contribution in [1.82, 2.24) is 0 Å². The van der Waals surface area contributed by atoms with Crippen LogP contribution in [0.15, 0.2) is 24.3 Å². The second-order valence-electron chi connectivity index (χ2n) is 4.50. The Labute approximate surface area is 111 Å². The number of nitro groups is 1. The summed E-state index contributed by atoms with van der Waals surface area (Å²) in [4.78, 5) is 21.9. The Morgan fingerprint density at radius 1 is 1.42 bits per heavy atom. The van der Waals surface area contributed by atoms with Crippen LogP contribution in [-0.2, 0) is 9.53 Å². The van der Waals surface area contributed by atoms with E-state index in [9.17, 15) is 14.9 Å². The van der Waals surface area contributed by atoms with Gasteiger partial charge in [-0.3, -0.25) is 10.1 Å². The van der Waals surface area contributed by atoms with Crippen LogP contribution in [0.2, 0.25) is 0 Å². The van der Waals surface area contributed by atoms with Gasteiger partial charge in [0.25, 0.3) is 5.69 Å². The molecule has 0 saturated carbocycles. The van der Waals surface area contributed by atoms with Crippen LogP contribution in [0, 0.1) is 10.1 Å². The molecule has 0 amide bonds. The number of rotatable bonds is 6. The molecule has 0 aliphatic carbocycles. The Hall–Kier alpha value is -2.11. The number of non-ortho nitro benzene ring substituents is 1. The molecule has 1 aromatic rings. The first-order valence-corrected chi connectivity index (χ1v) is 6.04. The Kier molecular flexibility index (Phi) is 4.86. The molecule has 6 nitrogen and oxygen atoms in total. The molecule has 0 heterocycles. The minimum absolute atomic E-state index is 0.0146. The van der Waals surface area contributed by atoms with E-state index in [-0.39, 0.29) is 11.7 Å². The number of hydrogen-bond donors (Lipinski definition) is 1. The highest BCUT2D eigenvalue weighted by Gasteiger charge is 2.33. The molecule has 0 aliphatic rings. The monoisotopic (exact) mass is 266 g/mol. The molecule has 1 rings (SSSR count). The van der Waals surface area contributed by atoms with E-state index in [1.165, 1.54) is 19.2 Å². The summed E-state index contributed by atoms with van der Waals surface area (Å²) >= 11 is 0. The number of benzene rings is 1. The lowest BCUT2D eigenvalue weighted by Gasteiger charge is -2.28. The Balaban J connectivity index is 2.90. The number of ether oxygens (including phenoxy) is 1. The van der Waals surface area contributed by atoms with Crippen LogP contribution in [0.4, 0.5) is 11.4 Å². The fourth-order valence-electron chi connectivity index (χ4n) is 1.93. The first kappa shape index (κ1) is 14.9. The molecular weight excluding hydrogens is 248 g/mol. The average molecular weight is 266 g/mol. The van der Waals surface area contributed by atoms with Crippen molar-refractivity contribution in [3.05, 3.63) is 34.4 Å². The van der Waals surface area contributed by atoms with Crippen molar-refractivity contribution in [2.75, 3.05) is 12.4 Å². The standard InChI is InChI=1S/C13H18N2O4/c1-4-9-13(2,12(16)19-3)14-10-5-7-11(8-6-10)15(17)18/h5-8,14H,4,9H2,1-3H3. The first-order chi connectivity index (χ1) is 8.92. The number of carbonyl (C=O) groups is 1. The third-order valence-electron chi connectivity index (χ3n) is 2.88. The molecule has 1 unspecified atom stereocenters. The maximum absolute atomic E-state index is 11.8. The molecule has 0 saturated heterocycles. The van der Waals surface area contributed by atoms with Gasteiger partial charge < -0.3 is 10.1 Å². The van der Waals surface area contributed by atoms with Gasteiger partial charge in [0.05, 0.1) is 12.0 Å². The molecule has 0 aliphatic heterocycles. The highest BCUT2D eigenvalue weighted by molar-refractivity contribution is 5.84. The van der Waals surface area contributed by atoms with Crippen LogP contribution in [0.25, 0.3) is 0 Å². The number of nitrogens with one attached hydrogen (secondary N) is 1. The lowest BCUT2D eigenvalue weighted by atomic mass is 9.95. The predicted molar refractivity (Wildman–Crippen MR) is 72.0 cm³/mol. The van der Waals surface area contributed by atoms with Gasteiger partial charge in [-0.2, -0.15) is 0 Å². The van der Waals surface area contributed by atoms with Crippen LogP contribution < -0.4 is 5.32 Å². The smallest absolute Gasteiger partial charge is 0.331 e. The maximum atomic E-state index is 11.8. The van der Waals surface area contributed by atoms with Gasteiger partial charge in [-0.25, -0.2) is 4.79 Å². The molecule has 0 bridgehead atoms. The van der Waals surface area contributed by atoms with Crippen molar-refractivity contribution >= 4 is 17.3 Å². The van der Waals surface area contributed by atoms with Crippen molar-refractivity contribution in [3.63, 3.8) is 0 Å². The molecule has 1 aromatic carbocycles. The predicted octanol–water partition coefficient (Wildman–Crippen LogP) is 2.74. The van der Waals surface area contributed by atoms with Gasteiger partial charge in [0.1, 0.15) is 5.54 Å². The Bertz CT molecular complexity index is 458. The van der Waals surface area contributed by atoms with Crippen molar-refractivity contribution in [2.24, 2.45) is 0 Å². The van der Waals surface area contributed by atoms with Crippen LogP contribution in [0.5, 0.6) is 0 Å². The number of nitro benzene ring substituents is 1. The van der Waals surface area contributed by atoms with E-state index in [0.29, 0.717) is 12.1 Å². The van der Waals surface area contributed by atoms with E-state index >= 15 is 0 Å². The summed E-state index contributed by atoms with van der Waals surface area (Å²) in [6.07, 6.45) is 1.42. The average Bonchev–Trinajstić information content (AvgIpc) is 2.38. The number of methoxy groups -OCH3 is 1. The first-order valence-electron chi connectivity index (χ1n) is 6.04. The normalized spacial score (nSPS) is 13.4. The van der Waals surface area contributed by atoms with E-state index in [1.54, 1.807) is 19.1 Å². The second-order valence-corrected chi connectivity index (χ2v) is 4.50. The summed E-state index contributed by atoms with van der Waals surface area (Å²) in [6, 6.07) is 5.95. The molecule has 0 aromatic heterocycles. The highest BCUT2D eigenvalue weighted by atomic mass is 16.6. The molecule has 0 fully saturated rings. The lowest BCUT2D eigenvalue weighted by molar-refractivity contribution is -0.384. The molecule has 0 spiro atoms. The number of nitrogens with zero attached hydrogens (tertiary/aromatic N) is 1. The molecule has 6 heteroatoms. The summed E-state index contributed by atoms with van der Waals surface area (Å²) in [5.41, 5.74) is -0.174. The second kappa shape index (κ2) is 6.17. The Morgan fingerprint density at radius 2 is 2.00 bits per heavy atom. The van der Waals surface area contributed by atoms with Crippen molar-refractivity contribution in [3.8, 4) is 0 Å². The Morgan fingerprint density at radius 3 is 2.42 bits per heavy atom. The summed E-state index contributed by atoms with van der Waals surface area (Å²) in [7, 11) is 1.34. The minimum atomic E-state index is -0.834. The number of carbonyl (C=O) groups excluding carboxylic acids is 1. The molecule has 1 N–H and O–H groups in total. The van der Waals surface area contributed by atoms with Gasteiger partial charge in [0.15, 0.2) is 0 Å². The fourth-order valence-corrected chi connectivity index (χ4v) is 1.93. The summed E-state index contributed by atoms with van der Waals surface area (Å²) in [5, 5.41) is 13.6. The van der Waals surface area contributed by atoms with Crippen LogP contribution in [-0.4, -0.2) is 23.5 Å². The van der Waals surface area contributed by atoms with Gasteiger partial charge in [-0.15, -0.1) is 0 Å². The SMILES string of the molecule is CCCC(C)(Nc1ccc([N+](=O)[O-])cc1)C(=O)OC. The number of esters is 1. The molecule has 104 valence electrons. The molecular formula is C13H18N2O4. The molecule has 1 atom stereocenters. The largest absolute Gasteiger partial charge is 0.467 e. The zero-order valence-corrected chi connectivity index (χ0v) is 11.3. The van der Waals surface area contributed by atoms with Gasteiger partial charge >= 0.3 is 5.97 Å².